The fraction of sp³-hybridized carbons (Fsp3) is 0.357. The number of nitrogen functional groups attached to an aromatic ring is 1. The van der Waals surface area contributed by atoms with E-state index in [0.29, 0.717) is 15.6 Å². The van der Waals surface area contributed by atoms with Crippen molar-refractivity contribution in [3.8, 4) is 0 Å². The minimum absolute atomic E-state index is 0.0972. The molecule has 20 heavy (non-hydrogen) atoms. The molecule has 1 heterocycles. The maximum atomic E-state index is 12.3. The van der Waals surface area contributed by atoms with Gasteiger partial charge in [-0.2, -0.15) is 0 Å². The average molecular weight is 313 g/mol. The summed E-state index contributed by atoms with van der Waals surface area (Å²) in [5.74, 6) is -0.110. The molecule has 108 valence electrons. The Morgan fingerprint density at radius 2 is 2.20 bits per heavy atom. The maximum absolute atomic E-state index is 12.3. The molecule has 0 bridgehead atoms. The van der Waals surface area contributed by atoms with Crippen LogP contribution in [-0.4, -0.2) is 23.7 Å². The molecule has 6 heteroatoms. The van der Waals surface area contributed by atoms with Crippen LogP contribution >= 0.6 is 22.9 Å². The summed E-state index contributed by atoms with van der Waals surface area (Å²) in [4.78, 5) is 12.7. The van der Waals surface area contributed by atoms with E-state index >= 15 is 0 Å². The van der Waals surface area contributed by atoms with Gasteiger partial charge in [0.05, 0.1) is 18.3 Å². The Balaban J connectivity index is 2.33. The second-order valence-electron chi connectivity index (χ2n) is 4.99. The number of hydrogen-bond donors (Lipinski definition) is 3. The number of aliphatic hydroxyl groups is 1. The molecule has 0 unspecified atom stereocenters. The highest BCUT2D eigenvalue weighted by Gasteiger charge is 2.21. The topological polar surface area (TPSA) is 75.3 Å². The Bertz CT molecular complexity index is 639. The van der Waals surface area contributed by atoms with Gasteiger partial charge >= 0.3 is 0 Å². The number of hydrogen-bond acceptors (Lipinski definition) is 4. The lowest BCUT2D eigenvalue weighted by Gasteiger charge is -2.19. The zero-order valence-corrected chi connectivity index (χ0v) is 12.9. The number of anilines is 1. The van der Waals surface area contributed by atoms with Gasteiger partial charge in [0.1, 0.15) is 4.88 Å². The highest BCUT2D eigenvalue weighted by Crippen LogP contribution is 2.35. The van der Waals surface area contributed by atoms with Crippen molar-refractivity contribution in [3.05, 3.63) is 28.1 Å². The van der Waals surface area contributed by atoms with Gasteiger partial charge < -0.3 is 16.2 Å². The molecule has 1 aromatic heterocycles. The Morgan fingerprint density at radius 3 is 2.80 bits per heavy atom. The smallest absolute Gasteiger partial charge is 0.263 e. The van der Waals surface area contributed by atoms with Crippen LogP contribution in [-0.2, 0) is 0 Å². The lowest BCUT2D eigenvalue weighted by molar-refractivity contribution is 0.0902. The van der Waals surface area contributed by atoms with Gasteiger partial charge in [-0.05, 0) is 24.1 Å². The largest absolute Gasteiger partial charge is 0.397 e. The molecule has 0 radical (unpaired) electrons. The number of carbonyl (C=O) groups is 1. The molecule has 2 rings (SSSR count). The van der Waals surface area contributed by atoms with Gasteiger partial charge in [0.25, 0.3) is 5.91 Å². The predicted molar refractivity (Wildman–Crippen MR) is 84.4 cm³/mol. The van der Waals surface area contributed by atoms with Gasteiger partial charge in [-0.3, -0.25) is 4.79 Å². The third-order valence-electron chi connectivity index (χ3n) is 3.21. The van der Waals surface area contributed by atoms with Crippen molar-refractivity contribution < 1.29 is 9.90 Å². The van der Waals surface area contributed by atoms with Crippen LogP contribution in [0.15, 0.2) is 18.2 Å². The number of amides is 1. The normalized spacial score (nSPS) is 12.8. The van der Waals surface area contributed by atoms with Crippen molar-refractivity contribution in [1.29, 1.82) is 0 Å². The second-order valence-corrected chi connectivity index (χ2v) is 6.48. The molecule has 1 aromatic carbocycles. The van der Waals surface area contributed by atoms with Crippen LogP contribution in [0.1, 0.15) is 23.5 Å². The quantitative estimate of drug-likeness (QED) is 0.812. The minimum Gasteiger partial charge on any atom is -0.397 e. The van der Waals surface area contributed by atoms with E-state index in [4.69, 9.17) is 17.3 Å². The number of carbonyl (C=O) groups excluding carboxylic acids is 1. The fourth-order valence-electron chi connectivity index (χ4n) is 1.92. The molecule has 0 saturated carbocycles. The Labute approximate surface area is 126 Å². The molecule has 0 aliphatic carbocycles. The van der Waals surface area contributed by atoms with Gasteiger partial charge in [0, 0.05) is 15.1 Å². The van der Waals surface area contributed by atoms with Gasteiger partial charge in [0.2, 0.25) is 0 Å². The first-order valence-electron chi connectivity index (χ1n) is 6.33. The monoisotopic (exact) mass is 312 g/mol. The number of halogens is 1. The number of benzene rings is 1. The lowest BCUT2D eigenvalue weighted by atomic mass is 10.1. The van der Waals surface area contributed by atoms with Gasteiger partial charge in [-0.1, -0.05) is 25.4 Å². The van der Waals surface area contributed by atoms with E-state index in [1.54, 1.807) is 12.1 Å². The summed E-state index contributed by atoms with van der Waals surface area (Å²) in [6.45, 7) is 3.78. The molecule has 0 aliphatic rings. The van der Waals surface area contributed by atoms with Crippen LogP contribution in [0.3, 0.4) is 0 Å². The summed E-state index contributed by atoms with van der Waals surface area (Å²) in [6.07, 6.45) is 0. The van der Waals surface area contributed by atoms with Crippen molar-refractivity contribution in [2.75, 3.05) is 12.3 Å². The highest BCUT2D eigenvalue weighted by molar-refractivity contribution is 7.21. The summed E-state index contributed by atoms with van der Waals surface area (Å²) in [5.41, 5.74) is 6.49. The molecule has 2 aromatic rings. The van der Waals surface area contributed by atoms with Crippen molar-refractivity contribution >= 4 is 44.6 Å². The Hall–Kier alpha value is -1.30. The van der Waals surface area contributed by atoms with Crippen molar-refractivity contribution in [2.45, 2.75) is 19.9 Å². The van der Waals surface area contributed by atoms with Crippen LogP contribution in [0.4, 0.5) is 5.69 Å². The summed E-state index contributed by atoms with van der Waals surface area (Å²) in [5, 5.41) is 13.5. The molecule has 1 atom stereocenters. The third kappa shape index (κ3) is 2.90. The molecule has 0 spiro atoms. The zero-order valence-electron chi connectivity index (χ0n) is 11.3. The molecular formula is C14H17ClN2O2S. The van der Waals surface area contributed by atoms with Crippen LogP contribution in [0, 0.1) is 5.92 Å². The van der Waals surface area contributed by atoms with Crippen molar-refractivity contribution in [3.63, 3.8) is 0 Å². The molecule has 0 saturated heterocycles. The first-order valence-corrected chi connectivity index (χ1v) is 7.52. The number of nitrogens with two attached hydrogens (primary N) is 1. The third-order valence-corrected chi connectivity index (χ3v) is 4.62. The van der Waals surface area contributed by atoms with E-state index in [9.17, 15) is 9.90 Å². The number of fused-ring (bicyclic) bond motifs is 1. The number of rotatable bonds is 4. The van der Waals surface area contributed by atoms with E-state index in [-0.39, 0.29) is 24.5 Å². The first kappa shape index (κ1) is 15.1. The first-order chi connectivity index (χ1) is 9.43. The van der Waals surface area contributed by atoms with E-state index in [2.05, 4.69) is 5.32 Å². The molecule has 4 N–H and O–H groups in total. The molecule has 0 fully saturated rings. The SMILES string of the molecule is CC(C)[C@@H](CO)NC(=O)c1sc2cc(Cl)ccc2c1N. The van der Waals surface area contributed by atoms with E-state index in [1.165, 1.54) is 11.3 Å². The summed E-state index contributed by atoms with van der Waals surface area (Å²) >= 11 is 7.25. The van der Waals surface area contributed by atoms with Crippen LogP contribution < -0.4 is 11.1 Å². The molecule has 1 amide bonds. The van der Waals surface area contributed by atoms with Gasteiger partial charge in [-0.25, -0.2) is 0 Å². The van der Waals surface area contributed by atoms with E-state index < -0.39 is 0 Å². The fourth-order valence-corrected chi connectivity index (χ4v) is 3.22. The van der Waals surface area contributed by atoms with Crippen LogP contribution in [0.25, 0.3) is 10.1 Å². The molecule has 0 aliphatic heterocycles. The van der Waals surface area contributed by atoms with Crippen LogP contribution in [0.5, 0.6) is 0 Å². The Kier molecular flexibility index (Phi) is 4.52. The summed E-state index contributed by atoms with van der Waals surface area (Å²) in [6, 6.07) is 5.07. The molecule has 4 nitrogen and oxygen atoms in total. The predicted octanol–water partition coefficient (Wildman–Crippen LogP) is 2.88. The second kappa shape index (κ2) is 5.99. The summed E-state index contributed by atoms with van der Waals surface area (Å²) in [7, 11) is 0. The lowest BCUT2D eigenvalue weighted by Crippen LogP contribution is -2.41. The van der Waals surface area contributed by atoms with Gasteiger partial charge in [-0.15, -0.1) is 11.3 Å². The van der Waals surface area contributed by atoms with Crippen molar-refractivity contribution in [1.82, 2.24) is 5.32 Å². The highest BCUT2D eigenvalue weighted by atomic mass is 35.5. The van der Waals surface area contributed by atoms with E-state index in [1.807, 2.05) is 19.9 Å². The minimum atomic E-state index is -0.282. The number of thiophene rings is 1. The number of nitrogens with one attached hydrogen (secondary N) is 1. The Morgan fingerprint density at radius 1 is 1.50 bits per heavy atom. The molecular weight excluding hydrogens is 296 g/mol. The van der Waals surface area contributed by atoms with E-state index in [0.717, 1.165) is 10.1 Å². The summed E-state index contributed by atoms with van der Waals surface area (Å²) < 4.78 is 0.880. The number of aliphatic hydroxyl groups excluding tert-OH is 1. The maximum Gasteiger partial charge on any atom is 0.263 e. The van der Waals surface area contributed by atoms with Crippen molar-refractivity contribution in [2.24, 2.45) is 5.92 Å². The standard InChI is InChI=1S/C14H17ClN2O2S/c1-7(2)10(6-18)17-14(19)13-12(16)9-4-3-8(15)5-11(9)20-13/h3-5,7,10,18H,6,16H2,1-2H3,(H,17,19)/t10-/m1/s1. The zero-order chi connectivity index (χ0) is 14.9. The van der Waals surface area contributed by atoms with Gasteiger partial charge in [0.15, 0.2) is 0 Å². The van der Waals surface area contributed by atoms with Crippen LogP contribution in [0.2, 0.25) is 5.02 Å². The average Bonchev–Trinajstić information content (AvgIpc) is 2.72.